The molecule has 0 aliphatic heterocycles. The van der Waals surface area contributed by atoms with Crippen molar-refractivity contribution in [1.82, 2.24) is 0 Å². The molecule has 1 unspecified atom stereocenters. The average Bonchev–Trinajstić information content (AvgIpc) is 2.37. The van der Waals surface area contributed by atoms with Gasteiger partial charge in [0, 0.05) is 25.3 Å². The third-order valence-electron chi connectivity index (χ3n) is 2.41. The first-order chi connectivity index (χ1) is 9.54. The number of benzene rings is 1. The molecular formula is C13H18F3NO3. The van der Waals surface area contributed by atoms with E-state index in [1.54, 1.807) is 0 Å². The Morgan fingerprint density at radius 3 is 2.35 bits per heavy atom. The molecule has 0 aliphatic carbocycles. The zero-order valence-corrected chi connectivity index (χ0v) is 11.2. The number of hydrogen-bond donors (Lipinski definition) is 2. The van der Waals surface area contributed by atoms with Gasteiger partial charge in [0.25, 0.3) is 0 Å². The van der Waals surface area contributed by atoms with Gasteiger partial charge in [-0.3, -0.25) is 0 Å². The first-order valence-corrected chi connectivity index (χ1v) is 6.26. The molecule has 4 nitrogen and oxygen atoms in total. The normalized spacial score (nSPS) is 12.4. The lowest BCUT2D eigenvalue weighted by molar-refractivity contribution is 0.0103. The van der Waals surface area contributed by atoms with Crippen LogP contribution in [-0.4, -0.2) is 44.2 Å². The van der Waals surface area contributed by atoms with E-state index in [0.717, 1.165) is 0 Å². The fourth-order valence-corrected chi connectivity index (χ4v) is 1.47. The van der Waals surface area contributed by atoms with Gasteiger partial charge in [0.05, 0.1) is 25.9 Å². The van der Waals surface area contributed by atoms with Crippen molar-refractivity contribution in [3.05, 3.63) is 29.6 Å². The predicted molar refractivity (Wildman–Crippen MR) is 68.1 cm³/mol. The molecule has 0 aromatic heterocycles. The molecule has 0 radical (unpaired) electrons. The third-order valence-corrected chi connectivity index (χ3v) is 2.41. The van der Waals surface area contributed by atoms with Gasteiger partial charge in [0.1, 0.15) is 11.5 Å². The molecule has 0 heterocycles. The maximum absolute atomic E-state index is 13.3. The van der Waals surface area contributed by atoms with Crippen molar-refractivity contribution >= 4 is 5.69 Å². The molecule has 0 bridgehead atoms. The van der Waals surface area contributed by atoms with Crippen LogP contribution in [0.2, 0.25) is 0 Å². The van der Waals surface area contributed by atoms with Gasteiger partial charge in [-0.25, -0.2) is 13.2 Å². The van der Waals surface area contributed by atoms with Crippen LogP contribution in [0.5, 0.6) is 0 Å². The number of hydrogen-bond acceptors (Lipinski definition) is 4. The highest BCUT2D eigenvalue weighted by Crippen LogP contribution is 2.19. The van der Waals surface area contributed by atoms with Crippen molar-refractivity contribution in [2.24, 2.45) is 0 Å². The molecule has 0 aliphatic rings. The zero-order chi connectivity index (χ0) is 15.0. The highest BCUT2D eigenvalue weighted by molar-refractivity contribution is 5.46. The Labute approximate surface area is 115 Å². The van der Waals surface area contributed by atoms with Crippen molar-refractivity contribution in [2.45, 2.75) is 13.0 Å². The summed E-state index contributed by atoms with van der Waals surface area (Å²) in [5.41, 5.74) is -0.472. The lowest BCUT2D eigenvalue weighted by Gasteiger charge is -2.14. The van der Waals surface area contributed by atoms with Gasteiger partial charge in [-0.1, -0.05) is 0 Å². The van der Waals surface area contributed by atoms with Gasteiger partial charge in [-0.15, -0.1) is 0 Å². The number of nitrogens with one attached hydrogen (secondary N) is 1. The second-order valence-corrected chi connectivity index (χ2v) is 4.05. The summed E-state index contributed by atoms with van der Waals surface area (Å²) >= 11 is 0. The maximum atomic E-state index is 13.3. The molecule has 0 fully saturated rings. The van der Waals surface area contributed by atoms with Crippen LogP contribution in [0, 0.1) is 17.5 Å². The van der Waals surface area contributed by atoms with E-state index >= 15 is 0 Å². The standard InChI is InChI=1S/C13H18F3NO3/c1-2-19-3-4-20-8-10(18)7-17-13-11(15)5-9(14)6-12(13)16/h5-6,10,17-18H,2-4,7-8H2,1H3. The van der Waals surface area contributed by atoms with Gasteiger partial charge in [0.15, 0.2) is 11.6 Å². The van der Waals surface area contributed by atoms with Crippen LogP contribution < -0.4 is 5.32 Å². The minimum absolute atomic E-state index is 0.00447. The Balaban J connectivity index is 2.32. The Kier molecular flexibility index (Phi) is 7.35. The van der Waals surface area contributed by atoms with Gasteiger partial charge in [0.2, 0.25) is 0 Å². The van der Waals surface area contributed by atoms with Crippen molar-refractivity contribution in [3.8, 4) is 0 Å². The van der Waals surface area contributed by atoms with Gasteiger partial charge >= 0.3 is 0 Å². The second kappa shape index (κ2) is 8.78. The first kappa shape index (κ1) is 16.7. The van der Waals surface area contributed by atoms with E-state index in [4.69, 9.17) is 9.47 Å². The number of aliphatic hydroxyl groups is 1. The monoisotopic (exact) mass is 293 g/mol. The zero-order valence-electron chi connectivity index (χ0n) is 11.2. The molecule has 0 spiro atoms. The first-order valence-electron chi connectivity index (χ1n) is 6.26. The summed E-state index contributed by atoms with van der Waals surface area (Å²) in [4.78, 5) is 0. The third kappa shape index (κ3) is 5.77. The molecule has 0 saturated heterocycles. The van der Waals surface area contributed by atoms with Gasteiger partial charge in [-0.05, 0) is 6.92 Å². The van der Waals surface area contributed by atoms with Crippen molar-refractivity contribution in [3.63, 3.8) is 0 Å². The highest BCUT2D eigenvalue weighted by atomic mass is 19.1. The molecule has 0 amide bonds. The molecule has 1 aromatic rings. The summed E-state index contributed by atoms with van der Waals surface area (Å²) in [6.07, 6.45) is -0.944. The number of anilines is 1. The summed E-state index contributed by atoms with van der Waals surface area (Å²) in [6.45, 7) is 3.06. The Morgan fingerprint density at radius 2 is 1.75 bits per heavy atom. The van der Waals surface area contributed by atoms with Crippen LogP contribution in [0.3, 0.4) is 0 Å². The molecule has 20 heavy (non-hydrogen) atoms. The van der Waals surface area contributed by atoms with Crippen LogP contribution in [0.15, 0.2) is 12.1 Å². The summed E-state index contributed by atoms with van der Waals surface area (Å²) in [7, 11) is 0. The van der Waals surface area contributed by atoms with Crippen molar-refractivity contribution in [1.29, 1.82) is 0 Å². The summed E-state index contributed by atoms with van der Waals surface area (Å²) in [5.74, 6) is -3.09. The molecule has 7 heteroatoms. The van der Waals surface area contributed by atoms with E-state index in [-0.39, 0.29) is 13.2 Å². The maximum Gasteiger partial charge on any atom is 0.152 e. The minimum atomic E-state index is -1.05. The largest absolute Gasteiger partial charge is 0.389 e. The van der Waals surface area contributed by atoms with E-state index in [1.165, 1.54) is 0 Å². The molecule has 1 atom stereocenters. The fourth-order valence-electron chi connectivity index (χ4n) is 1.47. The number of halogens is 3. The fraction of sp³-hybridized carbons (Fsp3) is 0.538. The van der Waals surface area contributed by atoms with Crippen molar-refractivity contribution < 1.29 is 27.8 Å². The summed E-state index contributed by atoms with van der Waals surface area (Å²) in [5, 5.41) is 11.9. The molecule has 1 rings (SSSR count). The van der Waals surface area contributed by atoms with Crippen LogP contribution in [0.25, 0.3) is 0 Å². The van der Waals surface area contributed by atoms with Crippen LogP contribution in [0.4, 0.5) is 18.9 Å². The smallest absolute Gasteiger partial charge is 0.152 e. The second-order valence-electron chi connectivity index (χ2n) is 4.05. The lowest BCUT2D eigenvalue weighted by atomic mass is 10.2. The van der Waals surface area contributed by atoms with E-state index < -0.39 is 29.2 Å². The van der Waals surface area contributed by atoms with Gasteiger partial charge < -0.3 is 19.9 Å². The predicted octanol–water partition coefficient (Wildman–Crippen LogP) is 1.93. The number of ether oxygens (including phenoxy) is 2. The molecule has 114 valence electrons. The SMILES string of the molecule is CCOCCOCC(O)CNc1c(F)cc(F)cc1F. The van der Waals surface area contributed by atoms with E-state index in [0.29, 0.717) is 32.0 Å². The minimum Gasteiger partial charge on any atom is -0.389 e. The molecule has 1 aromatic carbocycles. The van der Waals surface area contributed by atoms with E-state index in [9.17, 15) is 18.3 Å². The molecular weight excluding hydrogens is 275 g/mol. The Bertz CT molecular complexity index is 395. The molecule has 0 saturated carbocycles. The van der Waals surface area contributed by atoms with E-state index in [2.05, 4.69) is 5.32 Å². The Hall–Kier alpha value is -1.31. The van der Waals surface area contributed by atoms with Crippen LogP contribution in [-0.2, 0) is 9.47 Å². The Morgan fingerprint density at radius 1 is 1.15 bits per heavy atom. The van der Waals surface area contributed by atoms with Gasteiger partial charge in [-0.2, -0.15) is 0 Å². The van der Waals surface area contributed by atoms with Crippen molar-refractivity contribution in [2.75, 3.05) is 38.3 Å². The lowest BCUT2D eigenvalue weighted by Crippen LogP contribution is -2.26. The highest BCUT2D eigenvalue weighted by Gasteiger charge is 2.13. The number of rotatable bonds is 9. The number of aliphatic hydroxyl groups excluding tert-OH is 1. The average molecular weight is 293 g/mol. The van der Waals surface area contributed by atoms with E-state index in [1.807, 2.05) is 6.92 Å². The molecule has 2 N–H and O–H groups in total. The topological polar surface area (TPSA) is 50.7 Å². The quantitative estimate of drug-likeness (QED) is 0.683. The summed E-state index contributed by atoms with van der Waals surface area (Å²) < 4.78 is 49.4. The van der Waals surface area contributed by atoms with Crippen LogP contribution >= 0.6 is 0 Å². The summed E-state index contributed by atoms with van der Waals surface area (Å²) in [6, 6.07) is 1.13. The van der Waals surface area contributed by atoms with Crippen LogP contribution in [0.1, 0.15) is 6.92 Å².